The van der Waals surface area contributed by atoms with Crippen LogP contribution in [0, 0.1) is 0 Å². The minimum absolute atomic E-state index is 0.109. The van der Waals surface area contributed by atoms with Gasteiger partial charge < -0.3 is 9.47 Å². The molecule has 1 amide bonds. The molecule has 28 heavy (non-hydrogen) atoms. The summed E-state index contributed by atoms with van der Waals surface area (Å²) in [5.74, 6) is 1.17. The highest BCUT2D eigenvalue weighted by molar-refractivity contribution is 8.18. The predicted molar refractivity (Wildman–Crippen MR) is 116 cm³/mol. The van der Waals surface area contributed by atoms with E-state index in [9.17, 15) is 4.79 Å². The van der Waals surface area contributed by atoms with E-state index in [0.29, 0.717) is 33.2 Å². The minimum Gasteiger partial charge on any atom is -0.493 e. The molecule has 1 heterocycles. The van der Waals surface area contributed by atoms with E-state index in [1.165, 1.54) is 16.7 Å². The zero-order valence-electron chi connectivity index (χ0n) is 15.9. The summed E-state index contributed by atoms with van der Waals surface area (Å²) in [5, 5.41) is 1.25. The van der Waals surface area contributed by atoms with Gasteiger partial charge in [-0.05, 0) is 54.6 Å². The number of methoxy groups -OCH3 is 1. The molecule has 2 aromatic carbocycles. The first-order valence-corrected chi connectivity index (χ1v) is 10.0. The summed E-state index contributed by atoms with van der Waals surface area (Å²) in [4.78, 5) is 19.4. The molecule has 2 aromatic rings. The van der Waals surface area contributed by atoms with Crippen LogP contribution in [0.2, 0.25) is 5.02 Å². The van der Waals surface area contributed by atoms with E-state index >= 15 is 0 Å². The number of hydrogen-bond donors (Lipinski definition) is 0. The third-order valence-electron chi connectivity index (χ3n) is 4.02. The molecule has 1 aliphatic rings. The Kier molecular flexibility index (Phi) is 6.65. The van der Waals surface area contributed by atoms with Crippen LogP contribution in [-0.2, 0) is 4.79 Å². The van der Waals surface area contributed by atoms with E-state index in [2.05, 4.69) is 4.99 Å². The van der Waals surface area contributed by atoms with Crippen LogP contribution in [0.15, 0.2) is 52.4 Å². The highest BCUT2D eigenvalue weighted by atomic mass is 35.5. The molecule has 7 heteroatoms. The van der Waals surface area contributed by atoms with Crippen LogP contribution in [-0.4, -0.2) is 36.7 Å². The van der Waals surface area contributed by atoms with Gasteiger partial charge in [-0.2, -0.15) is 0 Å². The number of halogens is 1. The third kappa shape index (κ3) is 4.51. The summed E-state index contributed by atoms with van der Waals surface area (Å²) in [6.45, 7) is 2.61. The molecular weight excluding hydrogens is 396 g/mol. The minimum atomic E-state index is -0.109. The van der Waals surface area contributed by atoms with E-state index < -0.39 is 0 Å². The van der Waals surface area contributed by atoms with Crippen molar-refractivity contribution in [3.05, 3.63) is 58.0 Å². The van der Waals surface area contributed by atoms with Gasteiger partial charge >= 0.3 is 0 Å². The van der Waals surface area contributed by atoms with Gasteiger partial charge in [-0.15, -0.1) is 0 Å². The summed E-state index contributed by atoms with van der Waals surface area (Å²) >= 11 is 7.24. The fraction of sp³-hybridized carbons (Fsp3) is 0.238. The van der Waals surface area contributed by atoms with Gasteiger partial charge in [-0.25, -0.2) is 4.99 Å². The number of amidine groups is 1. The number of benzene rings is 2. The number of hydrogen-bond acceptors (Lipinski definition) is 5. The number of amides is 1. The lowest BCUT2D eigenvalue weighted by Crippen LogP contribution is -2.23. The van der Waals surface area contributed by atoms with E-state index in [0.717, 1.165) is 17.7 Å². The average Bonchev–Trinajstić information content (AvgIpc) is 2.96. The highest BCUT2D eigenvalue weighted by Crippen LogP contribution is 2.37. The number of rotatable bonds is 6. The second-order valence-electron chi connectivity index (χ2n) is 6.07. The third-order valence-corrected chi connectivity index (χ3v) is 5.33. The van der Waals surface area contributed by atoms with Crippen LogP contribution in [0.1, 0.15) is 18.9 Å². The number of nitrogens with zero attached hydrogens (tertiary/aromatic N) is 2. The van der Waals surface area contributed by atoms with Crippen molar-refractivity contribution in [1.82, 2.24) is 4.90 Å². The van der Waals surface area contributed by atoms with Crippen molar-refractivity contribution in [2.24, 2.45) is 4.99 Å². The summed E-state index contributed by atoms with van der Waals surface area (Å²) < 4.78 is 11.3. The van der Waals surface area contributed by atoms with Gasteiger partial charge in [0.15, 0.2) is 16.7 Å². The van der Waals surface area contributed by atoms with Gasteiger partial charge in [0.25, 0.3) is 5.91 Å². The molecule has 146 valence electrons. The number of likely N-dealkylation sites (N-methyl/N-ethyl adjacent to an activating group) is 1. The molecule has 0 N–H and O–H groups in total. The lowest BCUT2D eigenvalue weighted by molar-refractivity contribution is -0.121. The number of aliphatic imine (C=N–C) groups is 1. The Hall–Kier alpha value is -2.44. The molecule has 0 unspecified atom stereocenters. The topological polar surface area (TPSA) is 51.1 Å². The Balaban J connectivity index is 1.93. The Bertz CT molecular complexity index is 926. The second-order valence-corrected chi connectivity index (χ2v) is 7.52. The van der Waals surface area contributed by atoms with Crippen molar-refractivity contribution in [3.8, 4) is 11.5 Å². The molecule has 0 saturated carbocycles. The number of thioether (sulfide) groups is 1. The van der Waals surface area contributed by atoms with Crippen LogP contribution in [0.3, 0.4) is 0 Å². The second kappa shape index (κ2) is 9.17. The van der Waals surface area contributed by atoms with Gasteiger partial charge in [0.1, 0.15) is 0 Å². The maximum atomic E-state index is 12.7. The zero-order chi connectivity index (χ0) is 20.1. The Labute approximate surface area is 174 Å². The van der Waals surface area contributed by atoms with Crippen molar-refractivity contribution >= 4 is 46.2 Å². The van der Waals surface area contributed by atoms with Gasteiger partial charge in [-0.1, -0.05) is 30.7 Å². The smallest absolute Gasteiger partial charge is 0.266 e. The van der Waals surface area contributed by atoms with Crippen molar-refractivity contribution in [2.45, 2.75) is 13.3 Å². The molecule has 3 rings (SSSR count). The summed E-state index contributed by atoms with van der Waals surface area (Å²) in [7, 11) is 3.32. The maximum absolute atomic E-state index is 12.7. The largest absolute Gasteiger partial charge is 0.493 e. The van der Waals surface area contributed by atoms with Crippen LogP contribution < -0.4 is 9.47 Å². The molecule has 1 aliphatic heterocycles. The molecule has 0 atom stereocenters. The van der Waals surface area contributed by atoms with E-state index in [1.54, 1.807) is 26.3 Å². The zero-order valence-corrected chi connectivity index (χ0v) is 17.5. The number of para-hydroxylation sites is 1. The molecular formula is C21H21ClN2O3S. The lowest BCUT2D eigenvalue weighted by atomic mass is 10.1. The standard InChI is InChI=1S/C21H21ClN2O3S/c1-4-12-27-19-14(6-5-7-17(19)26-3)13-18-20(25)24(2)21(28-18)23-16-10-8-15(22)9-11-16/h5-11,13H,4,12H2,1-3H3/b18-13+,23-21?. The number of carbonyl (C=O) groups excluding carboxylic acids is 1. The highest BCUT2D eigenvalue weighted by Gasteiger charge is 2.30. The first kappa shape index (κ1) is 20.3. The SMILES string of the molecule is CCCOc1c(/C=C2/SC(=Nc3ccc(Cl)cc3)N(C)C2=O)cccc1OC. The molecule has 1 fully saturated rings. The molecule has 5 nitrogen and oxygen atoms in total. The summed E-state index contributed by atoms with van der Waals surface area (Å²) in [6.07, 6.45) is 2.70. The van der Waals surface area contributed by atoms with Crippen molar-refractivity contribution in [3.63, 3.8) is 0 Å². The quantitative estimate of drug-likeness (QED) is 0.594. The van der Waals surface area contributed by atoms with Gasteiger partial charge in [0.2, 0.25) is 0 Å². The van der Waals surface area contributed by atoms with Gasteiger partial charge in [-0.3, -0.25) is 9.69 Å². The fourth-order valence-electron chi connectivity index (χ4n) is 2.58. The molecule has 0 spiro atoms. The fourth-order valence-corrected chi connectivity index (χ4v) is 3.69. The molecule has 0 aliphatic carbocycles. The first-order valence-electron chi connectivity index (χ1n) is 8.85. The summed E-state index contributed by atoms with van der Waals surface area (Å²) in [6, 6.07) is 12.8. The van der Waals surface area contributed by atoms with Crippen molar-refractivity contribution in [1.29, 1.82) is 0 Å². The van der Waals surface area contributed by atoms with Crippen LogP contribution >= 0.6 is 23.4 Å². The van der Waals surface area contributed by atoms with Gasteiger partial charge in [0, 0.05) is 17.6 Å². The molecule has 0 radical (unpaired) electrons. The van der Waals surface area contributed by atoms with Crippen molar-refractivity contribution in [2.75, 3.05) is 20.8 Å². The Morgan fingerprint density at radius 1 is 1.21 bits per heavy atom. The van der Waals surface area contributed by atoms with Crippen molar-refractivity contribution < 1.29 is 14.3 Å². The molecule has 0 bridgehead atoms. The molecule has 1 saturated heterocycles. The normalized spacial score (nSPS) is 16.9. The number of ether oxygens (including phenoxy) is 2. The average molecular weight is 417 g/mol. The van der Waals surface area contributed by atoms with E-state index in [4.69, 9.17) is 21.1 Å². The van der Waals surface area contributed by atoms with Gasteiger partial charge in [0.05, 0.1) is 24.3 Å². The van der Waals surface area contributed by atoms with Crippen LogP contribution in [0.25, 0.3) is 6.08 Å². The lowest BCUT2D eigenvalue weighted by Gasteiger charge is -2.13. The van der Waals surface area contributed by atoms with E-state index in [1.807, 2.05) is 43.3 Å². The first-order chi connectivity index (χ1) is 13.5. The summed E-state index contributed by atoms with van der Waals surface area (Å²) in [5.41, 5.74) is 1.53. The predicted octanol–water partition coefficient (Wildman–Crippen LogP) is 5.37. The monoisotopic (exact) mass is 416 g/mol. The molecule has 0 aromatic heterocycles. The number of carbonyl (C=O) groups is 1. The maximum Gasteiger partial charge on any atom is 0.266 e. The Morgan fingerprint density at radius 2 is 1.96 bits per heavy atom. The van der Waals surface area contributed by atoms with E-state index in [-0.39, 0.29) is 5.91 Å². The Morgan fingerprint density at radius 3 is 2.64 bits per heavy atom. The van der Waals surface area contributed by atoms with Crippen LogP contribution in [0.5, 0.6) is 11.5 Å². The van der Waals surface area contributed by atoms with Crippen LogP contribution in [0.4, 0.5) is 5.69 Å².